The third kappa shape index (κ3) is 2.32. The van der Waals surface area contributed by atoms with Crippen LogP contribution in [0.1, 0.15) is 5.69 Å². The van der Waals surface area contributed by atoms with Gasteiger partial charge in [0, 0.05) is 5.39 Å². The number of hydrogen-bond acceptors (Lipinski definition) is 4. The van der Waals surface area contributed by atoms with E-state index in [9.17, 15) is 8.42 Å². The minimum Gasteiger partial charge on any atom is -0.356 e. The predicted octanol–water partition coefficient (Wildman–Crippen LogP) is 0.121. The summed E-state index contributed by atoms with van der Waals surface area (Å²) in [6, 6.07) is 7.18. The van der Waals surface area contributed by atoms with E-state index in [0.717, 1.165) is 5.39 Å². The van der Waals surface area contributed by atoms with E-state index in [2.05, 4.69) is 9.88 Å². The molecule has 0 spiro atoms. The van der Waals surface area contributed by atoms with Gasteiger partial charge in [0.1, 0.15) is 5.69 Å². The molecule has 7 heteroatoms. The maximum absolute atomic E-state index is 10.7. The smallest absolute Gasteiger partial charge is 0.274 e. The van der Waals surface area contributed by atoms with Gasteiger partial charge in [-0.3, -0.25) is 0 Å². The second kappa shape index (κ2) is 3.61. The van der Waals surface area contributed by atoms with Crippen molar-refractivity contribution in [3.8, 4) is 0 Å². The number of hydrogen-bond donors (Lipinski definition) is 2. The molecule has 0 amide bonds. The first-order valence-corrected chi connectivity index (χ1v) is 5.71. The molecule has 1 heterocycles. The van der Waals surface area contributed by atoms with Crippen LogP contribution in [0.4, 0.5) is 0 Å². The molecule has 2 rings (SSSR count). The van der Waals surface area contributed by atoms with Crippen LogP contribution in [0.2, 0.25) is 0 Å². The number of rotatable bonds is 3. The summed E-state index contributed by atoms with van der Waals surface area (Å²) in [7, 11) is -3.70. The molecule has 0 aliphatic heterocycles. The van der Waals surface area contributed by atoms with Gasteiger partial charge in [0.05, 0.1) is 6.54 Å². The summed E-state index contributed by atoms with van der Waals surface area (Å²) in [4.78, 5) is 0. The highest BCUT2D eigenvalue weighted by atomic mass is 32.2. The normalized spacial score (nSPS) is 12.1. The zero-order valence-electron chi connectivity index (χ0n) is 7.67. The highest BCUT2D eigenvalue weighted by Gasteiger charge is 2.09. The second-order valence-electron chi connectivity index (χ2n) is 2.99. The van der Waals surface area contributed by atoms with Gasteiger partial charge in [-0.25, -0.2) is 5.14 Å². The Bertz CT molecular complexity index is 576. The number of aromatic nitrogens is 1. The highest BCUT2D eigenvalue weighted by molar-refractivity contribution is 7.87. The van der Waals surface area contributed by atoms with Crippen molar-refractivity contribution in [1.29, 1.82) is 0 Å². The van der Waals surface area contributed by atoms with Crippen molar-refractivity contribution >= 4 is 21.2 Å². The first-order chi connectivity index (χ1) is 7.06. The molecule has 1 aromatic heterocycles. The second-order valence-corrected chi connectivity index (χ2v) is 4.37. The van der Waals surface area contributed by atoms with Gasteiger partial charge in [0.25, 0.3) is 10.2 Å². The standard InChI is InChI=1S/C8H9N3O3S/c9-15(12,13)10-5-7-6-3-1-2-4-8(6)14-11-7/h1-4,10H,5H2,(H2,9,12,13). The van der Waals surface area contributed by atoms with Gasteiger partial charge >= 0.3 is 0 Å². The van der Waals surface area contributed by atoms with Crippen LogP contribution in [0.5, 0.6) is 0 Å². The van der Waals surface area contributed by atoms with Crippen LogP contribution in [-0.2, 0) is 16.8 Å². The van der Waals surface area contributed by atoms with Gasteiger partial charge in [0.15, 0.2) is 5.58 Å². The molecule has 0 bridgehead atoms. The van der Waals surface area contributed by atoms with E-state index >= 15 is 0 Å². The van der Waals surface area contributed by atoms with E-state index in [-0.39, 0.29) is 6.54 Å². The zero-order chi connectivity index (χ0) is 10.9. The molecule has 0 saturated heterocycles. The lowest BCUT2D eigenvalue weighted by Crippen LogP contribution is -2.30. The quantitative estimate of drug-likeness (QED) is 0.778. The van der Waals surface area contributed by atoms with Gasteiger partial charge < -0.3 is 4.52 Å². The summed E-state index contributed by atoms with van der Waals surface area (Å²) >= 11 is 0. The lowest BCUT2D eigenvalue weighted by atomic mass is 10.2. The Morgan fingerprint density at radius 1 is 1.40 bits per heavy atom. The molecule has 2 aromatic rings. The average Bonchev–Trinajstić information content (AvgIpc) is 2.57. The molecule has 6 nitrogen and oxygen atoms in total. The Balaban J connectivity index is 2.29. The topological polar surface area (TPSA) is 98.2 Å². The van der Waals surface area contributed by atoms with Gasteiger partial charge in [-0.15, -0.1) is 0 Å². The molecular weight excluding hydrogens is 218 g/mol. The molecule has 0 saturated carbocycles. The maximum Gasteiger partial charge on any atom is 0.274 e. The van der Waals surface area contributed by atoms with Crippen molar-refractivity contribution in [2.75, 3.05) is 0 Å². The molecule has 0 unspecified atom stereocenters. The van der Waals surface area contributed by atoms with Crippen LogP contribution in [-0.4, -0.2) is 13.6 Å². The third-order valence-electron chi connectivity index (χ3n) is 1.89. The number of nitrogens with one attached hydrogen (secondary N) is 1. The molecule has 0 fully saturated rings. The Hall–Kier alpha value is -1.44. The van der Waals surface area contributed by atoms with E-state index in [1.807, 2.05) is 12.1 Å². The molecule has 1 aromatic carbocycles. The summed E-state index contributed by atoms with van der Waals surface area (Å²) in [5, 5.41) is 9.31. The lowest BCUT2D eigenvalue weighted by Gasteiger charge is -1.97. The summed E-state index contributed by atoms with van der Waals surface area (Å²) in [6.45, 7) is 0.0237. The molecule has 0 aliphatic rings. The Kier molecular flexibility index (Phi) is 2.43. The predicted molar refractivity (Wildman–Crippen MR) is 54.0 cm³/mol. The van der Waals surface area contributed by atoms with Gasteiger partial charge in [0.2, 0.25) is 0 Å². The first-order valence-electron chi connectivity index (χ1n) is 4.17. The minimum absolute atomic E-state index is 0.0237. The van der Waals surface area contributed by atoms with Crippen LogP contribution >= 0.6 is 0 Å². The summed E-state index contributed by atoms with van der Waals surface area (Å²) in [5.41, 5.74) is 1.13. The van der Waals surface area contributed by atoms with Crippen molar-refractivity contribution in [2.45, 2.75) is 6.54 Å². The fourth-order valence-corrected chi connectivity index (χ4v) is 1.57. The molecule has 15 heavy (non-hydrogen) atoms. The van der Waals surface area contributed by atoms with Crippen LogP contribution in [0.3, 0.4) is 0 Å². The molecular formula is C8H9N3O3S. The maximum atomic E-state index is 10.7. The Morgan fingerprint density at radius 3 is 2.87 bits per heavy atom. The first kappa shape index (κ1) is 10.1. The van der Waals surface area contributed by atoms with Gasteiger partial charge in [-0.05, 0) is 12.1 Å². The van der Waals surface area contributed by atoms with E-state index in [0.29, 0.717) is 11.3 Å². The lowest BCUT2D eigenvalue weighted by molar-refractivity contribution is 0.444. The SMILES string of the molecule is NS(=O)(=O)NCc1noc2ccccc12. The number of para-hydroxylation sites is 1. The number of benzene rings is 1. The van der Waals surface area contributed by atoms with Crippen LogP contribution in [0.25, 0.3) is 11.0 Å². The van der Waals surface area contributed by atoms with Crippen LogP contribution in [0, 0.1) is 0 Å². The number of fused-ring (bicyclic) bond motifs is 1. The van der Waals surface area contributed by atoms with Crippen molar-refractivity contribution in [2.24, 2.45) is 5.14 Å². The van der Waals surface area contributed by atoms with E-state index < -0.39 is 10.2 Å². The van der Waals surface area contributed by atoms with Crippen molar-refractivity contribution in [3.63, 3.8) is 0 Å². The highest BCUT2D eigenvalue weighted by Crippen LogP contribution is 2.17. The fraction of sp³-hybridized carbons (Fsp3) is 0.125. The third-order valence-corrected chi connectivity index (χ3v) is 2.44. The van der Waals surface area contributed by atoms with E-state index in [1.54, 1.807) is 12.1 Å². The van der Waals surface area contributed by atoms with Crippen molar-refractivity contribution < 1.29 is 12.9 Å². The van der Waals surface area contributed by atoms with Crippen LogP contribution < -0.4 is 9.86 Å². The summed E-state index contributed by atoms with van der Waals surface area (Å²) in [5.74, 6) is 0. The molecule has 3 N–H and O–H groups in total. The molecule has 0 atom stereocenters. The van der Waals surface area contributed by atoms with Crippen molar-refractivity contribution in [3.05, 3.63) is 30.0 Å². The Labute approximate surface area is 86.2 Å². The van der Waals surface area contributed by atoms with Crippen molar-refractivity contribution in [1.82, 2.24) is 9.88 Å². The van der Waals surface area contributed by atoms with Gasteiger partial charge in [-0.2, -0.15) is 13.1 Å². The summed E-state index contributed by atoms with van der Waals surface area (Å²) < 4.78 is 28.5. The molecule has 0 radical (unpaired) electrons. The molecule has 80 valence electrons. The minimum atomic E-state index is -3.70. The Morgan fingerprint density at radius 2 is 2.13 bits per heavy atom. The number of nitrogens with zero attached hydrogens (tertiary/aromatic N) is 1. The monoisotopic (exact) mass is 227 g/mol. The average molecular weight is 227 g/mol. The summed E-state index contributed by atoms with van der Waals surface area (Å²) in [6.07, 6.45) is 0. The number of nitrogens with two attached hydrogens (primary N) is 1. The van der Waals surface area contributed by atoms with Gasteiger partial charge in [-0.1, -0.05) is 17.3 Å². The van der Waals surface area contributed by atoms with Crippen LogP contribution in [0.15, 0.2) is 28.8 Å². The zero-order valence-corrected chi connectivity index (χ0v) is 8.49. The largest absolute Gasteiger partial charge is 0.356 e. The van der Waals surface area contributed by atoms with E-state index in [4.69, 9.17) is 9.66 Å². The fourth-order valence-electron chi connectivity index (χ4n) is 1.23. The molecule has 0 aliphatic carbocycles. The van der Waals surface area contributed by atoms with E-state index in [1.165, 1.54) is 0 Å².